The summed E-state index contributed by atoms with van der Waals surface area (Å²) < 4.78 is 0. The molecule has 178 valence electrons. The van der Waals surface area contributed by atoms with Gasteiger partial charge in [0.25, 0.3) is 0 Å². The van der Waals surface area contributed by atoms with E-state index < -0.39 is 0 Å². The Morgan fingerprint density at radius 3 is 2.06 bits per heavy atom. The third-order valence-electron chi connectivity index (χ3n) is 7.03. The van der Waals surface area contributed by atoms with Crippen LogP contribution in [-0.4, -0.2) is 28.8 Å². The molecule has 3 aromatic carbocycles. The lowest BCUT2D eigenvalue weighted by atomic mass is 9.99. The van der Waals surface area contributed by atoms with Crippen molar-refractivity contribution in [3.8, 4) is 0 Å². The third kappa shape index (κ3) is 4.07. The summed E-state index contributed by atoms with van der Waals surface area (Å²) in [6.45, 7) is 6.37. The van der Waals surface area contributed by atoms with Crippen LogP contribution in [0.4, 0.5) is 11.5 Å². The Labute approximate surface area is 211 Å². The fourth-order valence-electron chi connectivity index (χ4n) is 5.04. The van der Waals surface area contributed by atoms with Gasteiger partial charge in [0.15, 0.2) is 0 Å². The molecule has 6 rings (SSSR count). The lowest BCUT2D eigenvalue weighted by molar-refractivity contribution is 0.700. The first-order valence-electron chi connectivity index (χ1n) is 12.7. The van der Waals surface area contributed by atoms with Crippen LogP contribution in [0.2, 0.25) is 0 Å². The number of fused-ring (bicyclic) bond motifs is 2. The Kier molecular flexibility index (Phi) is 5.82. The van der Waals surface area contributed by atoms with Crippen LogP contribution >= 0.6 is 0 Å². The first-order chi connectivity index (χ1) is 17.7. The van der Waals surface area contributed by atoms with Crippen molar-refractivity contribution in [1.29, 1.82) is 0 Å². The Morgan fingerprint density at radius 2 is 1.36 bits per heavy atom. The molecule has 5 nitrogen and oxygen atoms in total. The minimum Gasteiger partial charge on any atom is -0.372 e. The molecule has 0 radical (unpaired) electrons. The van der Waals surface area contributed by atoms with Gasteiger partial charge in [0.2, 0.25) is 0 Å². The molecule has 2 aromatic heterocycles. The highest BCUT2D eigenvalue weighted by atomic mass is 15.5. The van der Waals surface area contributed by atoms with Crippen molar-refractivity contribution in [3.63, 3.8) is 0 Å². The Morgan fingerprint density at radius 1 is 0.722 bits per heavy atom. The number of aromatic nitrogens is 2. The van der Waals surface area contributed by atoms with Gasteiger partial charge in [-0.15, -0.1) is 0 Å². The van der Waals surface area contributed by atoms with Crippen LogP contribution in [0.25, 0.3) is 21.8 Å². The molecule has 36 heavy (non-hydrogen) atoms. The molecule has 5 aromatic rings. The van der Waals surface area contributed by atoms with Gasteiger partial charge in [-0.2, -0.15) is 5.10 Å². The lowest BCUT2D eigenvalue weighted by Crippen LogP contribution is -2.22. The maximum absolute atomic E-state index is 5.10. The van der Waals surface area contributed by atoms with E-state index in [0.717, 1.165) is 58.5 Å². The predicted molar refractivity (Wildman–Crippen MR) is 150 cm³/mol. The molecule has 0 N–H and O–H groups in total. The first kappa shape index (κ1) is 22.2. The van der Waals surface area contributed by atoms with Crippen molar-refractivity contribution in [1.82, 2.24) is 9.97 Å². The van der Waals surface area contributed by atoms with Crippen molar-refractivity contribution in [2.45, 2.75) is 26.3 Å². The minimum atomic E-state index is 0.0488. The maximum Gasteiger partial charge on any atom is 0.150 e. The van der Waals surface area contributed by atoms with Gasteiger partial charge in [-0.3, -0.25) is 0 Å². The topological polar surface area (TPSA) is 44.6 Å². The second kappa shape index (κ2) is 9.42. The van der Waals surface area contributed by atoms with Gasteiger partial charge in [0.05, 0.1) is 28.5 Å². The molecular formula is C31H29N5. The molecule has 1 aliphatic rings. The van der Waals surface area contributed by atoms with Crippen molar-refractivity contribution >= 4 is 39.0 Å². The molecule has 0 saturated carbocycles. The second-order valence-corrected chi connectivity index (χ2v) is 9.13. The summed E-state index contributed by atoms with van der Waals surface area (Å²) in [5.74, 6) is 0.849. The maximum atomic E-state index is 5.10. The zero-order chi connectivity index (χ0) is 24.5. The fourth-order valence-corrected chi connectivity index (χ4v) is 5.04. The predicted octanol–water partition coefficient (Wildman–Crippen LogP) is 6.98. The van der Waals surface area contributed by atoms with E-state index in [2.05, 4.69) is 96.6 Å². The van der Waals surface area contributed by atoms with E-state index in [9.17, 15) is 0 Å². The van der Waals surface area contributed by atoms with Crippen molar-refractivity contribution in [2.24, 2.45) is 5.10 Å². The van der Waals surface area contributed by atoms with Crippen LogP contribution in [0.3, 0.4) is 0 Å². The molecule has 0 aliphatic carbocycles. The molecule has 0 fully saturated rings. The van der Waals surface area contributed by atoms with Gasteiger partial charge >= 0.3 is 0 Å². The normalized spacial score (nSPS) is 15.4. The molecule has 0 amide bonds. The fraction of sp³-hybridized carbons (Fsp3) is 0.194. The highest BCUT2D eigenvalue weighted by Crippen LogP contribution is 2.37. The van der Waals surface area contributed by atoms with Crippen molar-refractivity contribution < 1.29 is 0 Å². The molecule has 0 bridgehead atoms. The van der Waals surface area contributed by atoms with Gasteiger partial charge in [0, 0.05) is 36.0 Å². The molecule has 0 saturated heterocycles. The number of nitrogens with zero attached hydrogens (tertiary/aromatic N) is 5. The number of pyridine rings is 2. The van der Waals surface area contributed by atoms with E-state index in [4.69, 9.17) is 15.1 Å². The monoisotopic (exact) mass is 471 g/mol. The van der Waals surface area contributed by atoms with Crippen molar-refractivity contribution in [2.75, 3.05) is 23.0 Å². The standard InChI is InChI=1S/C31H29N5/c1-3-35(4-2)25-17-13-24(14-18-25)30-21-29(28-19-15-22-9-5-7-11-26(22)32-28)34-36(30)31-20-16-23-10-6-8-12-27(23)33-31/h5-20,30H,3-4,21H2,1-2H3. The third-order valence-corrected chi connectivity index (χ3v) is 7.03. The first-order valence-corrected chi connectivity index (χ1v) is 12.7. The number of benzene rings is 3. The van der Waals surface area contributed by atoms with E-state index >= 15 is 0 Å². The molecule has 1 unspecified atom stereocenters. The minimum absolute atomic E-state index is 0.0488. The van der Waals surface area contributed by atoms with Gasteiger partial charge in [0.1, 0.15) is 5.82 Å². The smallest absolute Gasteiger partial charge is 0.150 e. The number of anilines is 2. The van der Waals surface area contributed by atoms with Crippen LogP contribution in [0.15, 0.2) is 102 Å². The Balaban J connectivity index is 1.41. The number of hydrazone groups is 1. The van der Waals surface area contributed by atoms with Crippen LogP contribution in [-0.2, 0) is 0 Å². The number of hydrogen-bond donors (Lipinski definition) is 0. The summed E-state index contributed by atoms with van der Waals surface area (Å²) in [6, 6.07) is 33.8. The second-order valence-electron chi connectivity index (χ2n) is 9.13. The van der Waals surface area contributed by atoms with E-state index in [1.54, 1.807) is 0 Å². The zero-order valence-corrected chi connectivity index (χ0v) is 20.7. The molecule has 5 heteroatoms. The van der Waals surface area contributed by atoms with E-state index in [1.807, 2.05) is 24.3 Å². The average Bonchev–Trinajstić information content (AvgIpc) is 3.39. The number of rotatable bonds is 6. The largest absolute Gasteiger partial charge is 0.372 e. The highest BCUT2D eigenvalue weighted by Gasteiger charge is 2.31. The summed E-state index contributed by atoms with van der Waals surface area (Å²) in [5, 5.41) is 9.44. The van der Waals surface area contributed by atoms with E-state index in [-0.39, 0.29) is 6.04 Å². The van der Waals surface area contributed by atoms with Gasteiger partial charge in [-0.1, -0.05) is 54.6 Å². The van der Waals surface area contributed by atoms with Gasteiger partial charge in [-0.25, -0.2) is 15.0 Å². The molecular weight excluding hydrogens is 442 g/mol. The SMILES string of the molecule is CCN(CC)c1ccc(C2CC(c3ccc4ccccc4n3)=NN2c2ccc3ccccc3n2)cc1. The Bertz CT molecular complexity index is 1550. The summed E-state index contributed by atoms with van der Waals surface area (Å²) in [6.07, 6.45) is 0.768. The number of hydrogen-bond acceptors (Lipinski definition) is 5. The van der Waals surface area contributed by atoms with Gasteiger partial charge < -0.3 is 4.90 Å². The lowest BCUT2D eigenvalue weighted by Gasteiger charge is -2.25. The molecule has 1 aliphatic heterocycles. The highest BCUT2D eigenvalue weighted by molar-refractivity contribution is 6.03. The number of para-hydroxylation sites is 2. The quantitative estimate of drug-likeness (QED) is 0.268. The van der Waals surface area contributed by atoms with E-state index in [1.165, 1.54) is 11.3 Å². The zero-order valence-electron chi connectivity index (χ0n) is 20.7. The van der Waals surface area contributed by atoms with Crippen LogP contribution in [0, 0.1) is 0 Å². The van der Waals surface area contributed by atoms with Crippen molar-refractivity contribution in [3.05, 3.63) is 108 Å². The summed E-state index contributed by atoms with van der Waals surface area (Å²) >= 11 is 0. The van der Waals surface area contributed by atoms with E-state index in [0.29, 0.717) is 0 Å². The summed E-state index contributed by atoms with van der Waals surface area (Å²) in [4.78, 5) is 12.3. The van der Waals surface area contributed by atoms with Crippen LogP contribution in [0.1, 0.15) is 37.6 Å². The summed E-state index contributed by atoms with van der Waals surface area (Å²) in [7, 11) is 0. The molecule has 0 spiro atoms. The van der Waals surface area contributed by atoms with Crippen LogP contribution in [0.5, 0.6) is 0 Å². The molecule has 1 atom stereocenters. The summed E-state index contributed by atoms with van der Waals surface area (Å²) in [5.41, 5.74) is 6.32. The van der Waals surface area contributed by atoms with Crippen LogP contribution < -0.4 is 9.91 Å². The Hall–Kier alpha value is -4.25. The average molecular weight is 472 g/mol. The van der Waals surface area contributed by atoms with Gasteiger partial charge in [-0.05, 0) is 61.9 Å². The molecule has 3 heterocycles.